The number of halogens is 5. The van der Waals surface area contributed by atoms with Crippen molar-refractivity contribution in [2.24, 2.45) is 0 Å². The second-order valence-electron chi connectivity index (χ2n) is 5.85. The fourth-order valence-electron chi connectivity index (χ4n) is 2.52. The lowest BCUT2D eigenvalue weighted by Crippen LogP contribution is -2.57. The lowest BCUT2D eigenvalue weighted by atomic mass is 10.2. The molecule has 0 bridgehead atoms. The lowest BCUT2D eigenvalue weighted by Gasteiger charge is -2.35. The molecule has 150 valence electrons. The Balaban J connectivity index is 0.00000312. The van der Waals surface area contributed by atoms with E-state index in [0.717, 1.165) is 0 Å². The minimum Gasteiger partial charge on any atom is -0.363 e. The number of nitrogens with one attached hydrogen (secondary N) is 2. The molecule has 6 nitrogen and oxygen atoms in total. The first kappa shape index (κ1) is 24.7. The van der Waals surface area contributed by atoms with Crippen LogP contribution in [0.3, 0.4) is 0 Å². The molecule has 0 aromatic carbocycles. The number of carbonyl (C=O) groups is 1. The Morgan fingerprint density at radius 2 is 1.92 bits per heavy atom. The summed E-state index contributed by atoms with van der Waals surface area (Å²) in [6, 6.07) is 1.51. The molecule has 0 aliphatic carbocycles. The van der Waals surface area contributed by atoms with Gasteiger partial charge in [0.05, 0.1) is 5.56 Å². The molecule has 1 unspecified atom stereocenters. The molecule has 1 atom stereocenters. The topological polar surface area (TPSA) is 60.5 Å². The van der Waals surface area contributed by atoms with Crippen molar-refractivity contribution in [3.63, 3.8) is 0 Å². The Labute approximate surface area is 163 Å². The van der Waals surface area contributed by atoms with Gasteiger partial charge in [0.15, 0.2) is 0 Å². The molecule has 0 radical (unpaired) electrons. The van der Waals surface area contributed by atoms with Gasteiger partial charge >= 0.3 is 6.18 Å². The monoisotopic (exact) mass is 417 g/mol. The van der Waals surface area contributed by atoms with Crippen LogP contribution in [0, 0.1) is 0 Å². The van der Waals surface area contributed by atoms with Crippen molar-refractivity contribution in [1.82, 2.24) is 20.5 Å². The third-order valence-electron chi connectivity index (χ3n) is 3.89. The summed E-state index contributed by atoms with van der Waals surface area (Å²) < 4.78 is 39.8. The summed E-state index contributed by atoms with van der Waals surface area (Å²) in [6.07, 6.45) is -3.03. The van der Waals surface area contributed by atoms with E-state index in [4.69, 9.17) is 0 Å². The van der Waals surface area contributed by atoms with Crippen molar-refractivity contribution < 1.29 is 18.0 Å². The maximum Gasteiger partial charge on any atom is 0.405 e. The number of pyridine rings is 1. The Kier molecular flexibility index (Phi) is 10.2. The highest BCUT2D eigenvalue weighted by molar-refractivity contribution is 5.94. The van der Waals surface area contributed by atoms with Crippen LogP contribution in [0.25, 0.3) is 0 Å². The van der Waals surface area contributed by atoms with Gasteiger partial charge in [-0.3, -0.25) is 9.69 Å². The molecule has 1 fully saturated rings. The summed E-state index contributed by atoms with van der Waals surface area (Å²) in [5.41, 5.74) is 0.238. The molecule has 1 aliphatic heterocycles. The largest absolute Gasteiger partial charge is 0.405 e. The number of hydrogen-bond donors (Lipinski definition) is 2. The lowest BCUT2D eigenvalue weighted by molar-refractivity contribution is -0.183. The van der Waals surface area contributed by atoms with Gasteiger partial charge < -0.3 is 15.5 Å². The summed E-state index contributed by atoms with van der Waals surface area (Å²) in [7, 11) is 3.62. The van der Waals surface area contributed by atoms with Gasteiger partial charge in [-0.15, -0.1) is 24.8 Å². The Morgan fingerprint density at radius 1 is 1.31 bits per heavy atom. The Morgan fingerprint density at radius 3 is 2.38 bits per heavy atom. The van der Waals surface area contributed by atoms with Gasteiger partial charge in [0.2, 0.25) is 0 Å². The molecule has 1 aromatic rings. The van der Waals surface area contributed by atoms with Crippen LogP contribution in [0.2, 0.25) is 0 Å². The van der Waals surface area contributed by atoms with E-state index in [1.807, 2.05) is 14.1 Å². The van der Waals surface area contributed by atoms with Crippen LogP contribution >= 0.6 is 24.8 Å². The number of hydrogen-bond acceptors (Lipinski definition) is 5. The molecule has 2 rings (SSSR count). The number of anilines is 1. The summed E-state index contributed by atoms with van der Waals surface area (Å²) in [6.45, 7) is 1.16. The van der Waals surface area contributed by atoms with E-state index in [-0.39, 0.29) is 30.4 Å². The second-order valence-corrected chi connectivity index (χ2v) is 5.85. The average molecular weight is 418 g/mol. The minimum atomic E-state index is -4.39. The zero-order valence-corrected chi connectivity index (χ0v) is 16.2. The Bertz CT molecular complexity index is 551. The maximum atomic E-state index is 13.3. The second kappa shape index (κ2) is 10.8. The zero-order chi connectivity index (χ0) is 17.7. The summed E-state index contributed by atoms with van der Waals surface area (Å²) in [5, 5.41) is 5.39. The van der Waals surface area contributed by atoms with Gasteiger partial charge in [-0.25, -0.2) is 4.98 Å². The third-order valence-corrected chi connectivity index (χ3v) is 3.89. The molecular weight excluding hydrogens is 394 g/mol. The predicted octanol–water partition coefficient (Wildman–Crippen LogP) is 1.56. The molecule has 0 saturated carbocycles. The van der Waals surface area contributed by atoms with E-state index >= 15 is 0 Å². The molecule has 1 aliphatic rings. The third kappa shape index (κ3) is 6.79. The van der Waals surface area contributed by atoms with E-state index in [1.165, 1.54) is 11.1 Å². The molecule has 26 heavy (non-hydrogen) atoms. The van der Waals surface area contributed by atoms with Crippen molar-refractivity contribution >= 4 is 36.5 Å². The molecule has 11 heteroatoms. The molecule has 2 N–H and O–H groups in total. The number of nitrogens with zero attached hydrogens (tertiary/aromatic N) is 3. The zero-order valence-electron chi connectivity index (χ0n) is 14.5. The highest BCUT2D eigenvalue weighted by Gasteiger charge is 2.43. The summed E-state index contributed by atoms with van der Waals surface area (Å²) >= 11 is 0. The highest BCUT2D eigenvalue weighted by Crippen LogP contribution is 2.24. The van der Waals surface area contributed by atoms with Gasteiger partial charge in [0.1, 0.15) is 11.9 Å². The standard InChI is InChI=1S/C15H22F3N5O.2ClH/c1-22(2)13-4-3-11(9-20-13)14(24)21-10-12(15(16,17)18)23-7-5-19-6-8-23;;/h3-4,9,12,19H,5-8,10H2,1-2H3,(H,21,24);2*1H. The van der Waals surface area contributed by atoms with Crippen LogP contribution in [-0.4, -0.2) is 74.8 Å². The van der Waals surface area contributed by atoms with Gasteiger partial charge in [0.25, 0.3) is 5.91 Å². The van der Waals surface area contributed by atoms with E-state index in [2.05, 4.69) is 15.6 Å². The van der Waals surface area contributed by atoms with Crippen LogP contribution in [0.15, 0.2) is 18.3 Å². The predicted molar refractivity (Wildman–Crippen MR) is 99.7 cm³/mol. The van der Waals surface area contributed by atoms with E-state index in [9.17, 15) is 18.0 Å². The number of carbonyl (C=O) groups excluding carboxylic acids is 1. The van der Waals surface area contributed by atoms with Crippen molar-refractivity contribution in [3.8, 4) is 0 Å². The molecule has 2 heterocycles. The van der Waals surface area contributed by atoms with Crippen LogP contribution in [0.1, 0.15) is 10.4 Å². The van der Waals surface area contributed by atoms with Gasteiger partial charge in [-0.05, 0) is 12.1 Å². The van der Waals surface area contributed by atoms with Gasteiger partial charge in [-0.2, -0.15) is 13.2 Å². The van der Waals surface area contributed by atoms with Crippen LogP contribution in [0.5, 0.6) is 0 Å². The number of amides is 1. The molecular formula is C15H24Cl2F3N5O. The van der Waals surface area contributed by atoms with Crippen molar-refractivity contribution in [1.29, 1.82) is 0 Å². The van der Waals surface area contributed by atoms with Gasteiger partial charge in [0, 0.05) is 53.0 Å². The van der Waals surface area contributed by atoms with Crippen molar-refractivity contribution in [3.05, 3.63) is 23.9 Å². The quantitative estimate of drug-likeness (QED) is 0.760. The maximum absolute atomic E-state index is 13.3. The molecule has 0 spiro atoms. The minimum absolute atomic E-state index is 0. The van der Waals surface area contributed by atoms with Crippen molar-refractivity contribution in [2.45, 2.75) is 12.2 Å². The number of rotatable bonds is 5. The normalized spacial score (nSPS) is 16.0. The van der Waals surface area contributed by atoms with Crippen LogP contribution in [-0.2, 0) is 0 Å². The molecule has 1 saturated heterocycles. The number of alkyl halides is 3. The first-order valence-electron chi connectivity index (χ1n) is 7.72. The fourth-order valence-corrected chi connectivity index (χ4v) is 2.52. The Hall–Kier alpha value is -1.29. The SMILES string of the molecule is CN(C)c1ccc(C(=O)NCC(N2CCNCC2)C(F)(F)F)cn1.Cl.Cl. The number of piperazine rings is 1. The van der Waals surface area contributed by atoms with E-state index in [1.54, 1.807) is 17.0 Å². The highest BCUT2D eigenvalue weighted by atomic mass is 35.5. The van der Waals surface area contributed by atoms with Gasteiger partial charge in [-0.1, -0.05) is 0 Å². The van der Waals surface area contributed by atoms with Crippen molar-refractivity contribution in [2.75, 3.05) is 51.7 Å². The van der Waals surface area contributed by atoms with E-state index in [0.29, 0.717) is 32.0 Å². The first-order valence-corrected chi connectivity index (χ1v) is 7.72. The summed E-state index contributed by atoms with van der Waals surface area (Å²) in [4.78, 5) is 19.3. The number of aromatic nitrogens is 1. The van der Waals surface area contributed by atoms with Crippen LogP contribution < -0.4 is 15.5 Å². The molecule has 1 aromatic heterocycles. The average Bonchev–Trinajstić information content (AvgIpc) is 2.54. The van der Waals surface area contributed by atoms with Crippen LogP contribution in [0.4, 0.5) is 19.0 Å². The fraction of sp³-hybridized carbons (Fsp3) is 0.600. The first-order chi connectivity index (χ1) is 11.3. The molecule has 1 amide bonds. The van der Waals surface area contributed by atoms with E-state index < -0.39 is 24.7 Å². The smallest absolute Gasteiger partial charge is 0.363 e. The summed E-state index contributed by atoms with van der Waals surface area (Å²) in [5.74, 6) is 0.109.